The molecule has 5 heteroatoms. The monoisotopic (exact) mass is 340 g/mol. The number of aliphatic hydroxyl groups excluding tert-OH is 1. The maximum absolute atomic E-state index is 10.7. The number of likely N-dealkylation sites (N-methyl/N-ethyl adjacent to an activating group) is 1. The number of likely N-dealkylation sites (tertiary alicyclic amines) is 1. The summed E-state index contributed by atoms with van der Waals surface area (Å²) in [5.41, 5.74) is 2.35. The standard InChI is InChI=1S/C20H28N4O/c1-22-10-12-24(13-11-22)19-7-9-23(15-20(19)25)14-16-4-2-6-18-17(16)5-3-8-21-18/h2-6,8,19-20,25H,7,9-15H2,1H3/t19-,20-/m1/s1. The molecule has 2 fully saturated rings. The lowest BCUT2D eigenvalue weighted by Crippen LogP contribution is -2.58. The lowest BCUT2D eigenvalue weighted by atomic mass is 9.98. The summed E-state index contributed by atoms with van der Waals surface area (Å²) in [7, 11) is 2.18. The van der Waals surface area contributed by atoms with Gasteiger partial charge in [-0.05, 0) is 31.2 Å². The minimum Gasteiger partial charge on any atom is -0.390 e. The number of benzene rings is 1. The first-order chi connectivity index (χ1) is 12.2. The topological polar surface area (TPSA) is 42.8 Å². The predicted octanol–water partition coefficient (Wildman–Crippen LogP) is 1.42. The highest BCUT2D eigenvalue weighted by Crippen LogP contribution is 2.23. The van der Waals surface area contributed by atoms with Crippen LogP contribution in [0.1, 0.15) is 12.0 Å². The lowest BCUT2D eigenvalue weighted by molar-refractivity contribution is -0.0285. The molecular weight excluding hydrogens is 312 g/mol. The zero-order valence-electron chi connectivity index (χ0n) is 15.0. The molecule has 25 heavy (non-hydrogen) atoms. The van der Waals surface area contributed by atoms with Crippen LogP contribution in [0.15, 0.2) is 36.5 Å². The fraction of sp³-hybridized carbons (Fsp3) is 0.550. The average Bonchev–Trinajstić information content (AvgIpc) is 2.63. The van der Waals surface area contributed by atoms with Crippen molar-refractivity contribution in [3.63, 3.8) is 0 Å². The van der Waals surface area contributed by atoms with Gasteiger partial charge in [-0.3, -0.25) is 14.8 Å². The van der Waals surface area contributed by atoms with E-state index in [-0.39, 0.29) is 6.10 Å². The van der Waals surface area contributed by atoms with E-state index in [9.17, 15) is 5.11 Å². The Balaban J connectivity index is 1.41. The number of piperazine rings is 1. The van der Waals surface area contributed by atoms with Crippen molar-refractivity contribution in [2.75, 3.05) is 46.3 Å². The number of piperidine rings is 1. The first kappa shape index (κ1) is 16.9. The fourth-order valence-electron chi connectivity index (χ4n) is 4.25. The number of aliphatic hydroxyl groups is 1. The summed E-state index contributed by atoms with van der Waals surface area (Å²) >= 11 is 0. The number of hydrogen-bond donors (Lipinski definition) is 1. The normalized spacial score (nSPS) is 27.0. The van der Waals surface area contributed by atoms with Crippen LogP contribution in [0.2, 0.25) is 0 Å². The van der Waals surface area contributed by atoms with Gasteiger partial charge in [-0.25, -0.2) is 0 Å². The number of hydrogen-bond acceptors (Lipinski definition) is 5. The smallest absolute Gasteiger partial charge is 0.0822 e. The summed E-state index contributed by atoms with van der Waals surface area (Å²) in [6.07, 6.45) is 2.64. The molecule has 4 rings (SSSR count). The van der Waals surface area contributed by atoms with Gasteiger partial charge in [0.15, 0.2) is 0 Å². The Morgan fingerprint density at radius 2 is 1.92 bits per heavy atom. The molecule has 3 heterocycles. The summed E-state index contributed by atoms with van der Waals surface area (Å²) in [4.78, 5) is 11.7. The maximum atomic E-state index is 10.7. The summed E-state index contributed by atoms with van der Waals surface area (Å²) in [5, 5.41) is 12.0. The van der Waals surface area contributed by atoms with E-state index < -0.39 is 0 Å². The molecule has 0 saturated carbocycles. The van der Waals surface area contributed by atoms with Gasteiger partial charge in [0, 0.05) is 63.4 Å². The van der Waals surface area contributed by atoms with Crippen LogP contribution in [0.3, 0.4) is 0 Å². The minimum atomic E-state index is -0.259. The van der Waals surface area contributed by atoms with Gasteiger partial charge < -0.3 is 10.0 Å². The summed E-state index contributed by atoms with van der Waals surface area (Å²) in [6, 6.07) is 10.8. The first-order valence-corrected chi connectivity index (χ1v) is 9.36. The van der Waals surface area contributed by atoms with E-state index in [4.69, 9.17) is 0 Å². The summed E-state index contributed by atoms with van der Waals surface area (Å²) < 4.78 is 0. The highest BCUT2D eigenvalue weighted by molar-refractivity contribution is 5.81. The van der Waals surface area contributed by atoms with Crippen LogP contribution in [0.5, 0.6) is 0 Å². The van der Waals surface area contributed by atoms with Gasteiger partial charge in [0.2, 0.25) is 0 Å². The Labute approximate surface area is 149 Å². The summed E-state index contributed by atoms with van der Waals surface area (Å²) in [5.74, 6) is 0. The molecule has 1 aromatic heterocycles. The van der Waals surface area contributed by atoms with Gasteiger partial charge in [-0.15, -0.1) is 0 Å². The van der Waals surface area contributed by atoms with E-state index in [0.29, 0.717) is 6.04 Å². The Morgan fingerprint density at radius 1 is 1.08 bits per heavy atom. The summed E-state index contributed by atoms with van der Waals surface area (Å²) in [6.45, 7) is 7.06. The zero-order chi connectivity index (χ0) is 17.2. The molecule has 2 saturated heterocycles. The number of β-amino-alcohol motifs (C(OH)–C–C–N with tert-alkyl or cyclic N) is 1. The third kappa shape index (κ3) is 3.70. The van der Waals surface area contributed by atoms with Crippen molar-refractivity contribution < 1.29 is 5.11 Å². The molecule has 0 amide bonds. The van der Waals surface area contributed by atoms with Crippen LogP contribution < -0.4 is 0 Å². The molecule has 134 valence electrons. The molecule has 0 unspecified atom stereocenters. The molecule has 0 spiro atoms. The molecule has 1 aromatic carbocycles. The Kier molecular flexibility index (Phi) is 4.99. The average molecular weight is 340 g/mol. The van der Waals surface area contributed by atoms with E-state index in [1.165, 1.54) is 10.9 Å². The Hall–Kier alpha value is -1.53. The highest BCUT2D eigenvalue weighted by atomic mass is 16.3. The van der Waals surface area contributed by atoms with E-state index >= 15 is 0 Å². The molecule has 2 aliphatic heterocycles. The van der Waals surface area contributed by atoms with Crippen LogP contribution >= 0.6 is 0 Å². The van der Waals surface area contributed by atoms with Crippen molar-refractivity contribution in [1.82, 2.24) is 19.7 Å². The molecule has 2 atom stereocenters. The van der Waals surface area contributed by atoms with Gasteiger partial charge in [0.25, 0.3) is 0 Å². The van der Waals surface area contributed by atoms with Crippen molar-refractivity contribution >= 4 is 10.9 Å². The molecular formula is C20H28N4O. The molecule has 0 aliphatic carbocycles. The van der Waals surface area contributed by atoms with E-state index in [1.54, 1.807) is 0 Å². The largest absolute Gasteiger partial charge is 0.390 e. The molecule has 1 N–H and O–H groups in total. The number of fused-ring (bicyclic) bond motifs is 1. The van der Waals surface area contributed by atoms with Gasteiger partial charge in [0.05, 0.1) is 11.6 Å². The van der Waals surface area contributed by atoms with Crippen molar-refractivity contribution in [3.8, 4) is 0 Å². The second-order valence-corrected chi connectivity index (χ2v) is 7.48. The van der Waals surface area contributed by atoms with Crippen LogP contribution in [-0.4, -0.2) is 83.3 Å². The van der Waals surface area contributed by atoms with Crippen LogP contribution in [0.25, 0.3) is 10.9 Å². The molecule has 0 radical (unpaired) electrons. The van der Waals surface area contributed by atoms with Crippen molar-refractivity contribution in [1.29, 1.82) is 0 Å². The molecule has 2 aliphatic rings. The Bertz CT molecular complexity index is 708. The Morgan fingerprint density at radius 3 is 2.72 bits per heavy atom. The van der Waals surface area contributed by atoms with Crippen molar-refractivity contribution in [2.45, 2.75) is 25.1 Å². The third-order valence-electron chi connectivity index (χ3n) is 5.77. The van der Waals surface area contributed by atoms with Gasteiger partial charge >= 0.3 is 0 Å². The second-order valence-electron chi connectivity index (χ2n) is 7.48. The molecule has 0 bridgehead atoms. The number of pyridine rings is 1. The minimum absolute atomic E-state index is 0.259. The SMILES string of the molecule is CN1CCN([C@@H]2CCN(Cc3cccc4ncccc34)C[C@H]2O)CC1. The quantitative estimate of drug-likeness (QED) is 0.915. The van der Waals surface area contributed by atoms with E-state index in [1.807, 2.05) is 12.3 Å². The third-order valence-corrected chi connectivity index (χ3v) is 5.77. The number of aromatic nitrogens is 1. The molecule has 2 aromatic rings. The molecule has 5 nitrogen and oxygen atoms in total. The zero-order valence-corrected chi connectivity index (χ0v) is 15.0. The first-order valence-electron chi connectivity index (χ1n) is 9.36. The maximum Gasteiger partial charge on any atom is 0.0822 e. The highest BCUT2D eigenvalue weighted by Gasteiger charge is 2.33. The fourth-order valence-corrected chi connectivity index (χ4v) is 4.25. The van der Waals surface area contributed by atoms with E-state index in [2.05, 4.69) is 51.0 Å². The van der Waals surface area contributed by atoms with Crippen LogP contribution in [-0.2, 0) is 6.54 Å². The number of rotatable bonds is 3. The van der Waals surface area contributed by atoms with Gasteiger partial charge in [-0.2, -0.15) is 0 Å². The van der Waals surface area contributed by atoms with E-state index in [0.717, 1.165) is 57.8 Å². The predicted molar refractivity (Wildman–Crippen MR) is 101 cm³/mol. The number of nitrogens with zero attached hydrogens (tertiary/aromatic N) is 4. The van der Waals surface area contributed by atoms with Crippen molar-refractivity contribution in [3.05, 3.63) is 42.1 Å². The van der Waals surface area contributed by atoms with Crippen LogP contribution in [0.4, 0.5) is 0 Å². The lowest BCUT2D eigenvalue weighted by Gasteiger charge is -2.44. The van der Waals surface area contributed by atoms with Gasteiger partial charge in [0.1, 0.15) is 0 Å². The second kappa shape index (κ2) is 7.38. The van der Waals surface area contributed by atoms with Gasteiger partial charge in [-0.1, -0.05) is 18.2 Å². The van der Waals surface area contributed by atoms with Crippen molar-refractivity contribution in [2.24, 2.45) is 0 Å². The van der Waals surface area contributed by atoms with Crippen LogP contribution in [0, 0.1) is 0 Å².